The molecule has 1 aromatic carbocycles. The van der Waals surface area contributed by atoms with Crippen LogP contribution in [0.15, 0.2) is 23.1 Å². The predicted octanol–water partition coefficient (Wildman–Crippen LogP) is 1.51. The molecule has 2 rings (SSSR count). The normalized spacial score (nSPS) is 25.5. The summed E-state index contributed by atoms with van der Waals surface area (Å²) in [5.74, 6) is -0.418. The molecule has 1 aliphatic rings. The summed E-state index contributed by atoms with van der Waals surface area (Å²) < 4.78 is 39.9. The molecule has 106 valence electrons. The fourth-order valence-corrected chi connectivity index (χ4v) is 4.30. The van der Waals surface area contributed by atoms with Crippen LogP contribution in [0.3, 0.4) is 0 Å². The van der Waals surface area contributed by atoms with Crippen LogP contribution in [-0.2, 0) is 10.0 Å². The summed E-state index contributed by atoms with van der Waals surface area (Å²) in [6.45, 7) is 6.53. The zero-order valence-electron chi connectivity index (χ0n) is 11.4. The SMILES string of the molecule is Cc1cc(F)ccc1S(=O)(=O)N1CCNC(C)C1C. The fraction of sp³-hybridized carbons (Fsp3) is 0.538. The van der Waals surface area contributed by atoms with Gasteiger partial charge in [-0.1, -0.05) is 0 Å². The monoisotopic (exact) mass is 286 g/mol. The third-order valence-electron chi connectivity index (χ3n) is 3.70. The van der Waals surface area contributed by atoms with Gasteiger partial charge in [0.25, 0.3) is 0 Å². The highest BCUT2D eigenvalue weighted by Gasteiger charge is 2.35. The average molecular weight is 286 g/mol. The van der Waals surface area contributed by atoms with Crippen molar-refractivity contribution in [3.05, 3.63) is 29.6 Å². The van der Waals surface area contributed by atoms with Crippen molar-refractivity contribution in [2.24, 2.45) is 0 Å². The first-order valence-corrected chi connectivity index (χ1v) is 7.79. The molecule has 0 spiro atoms. The molecule has 0 radical (unpaired) electrons. The third kappa shape index (κ3) is 2.66. The summed E-state index contributed by atoms with van der Waals surface area (Å²) in [4.78, 5) is 0.190. The Kier molecular flexibility index (Phi) is 3.94. The van der Waals surface area contributed by atoms with Gasteiger partial charge >= 0.3 is 0 Å². The van der Waals surface area contributed by atoms with Gasteiger partial charge < -0.3 is 5.32 Å². The lowest BCUT2D eigenvalue weighted by Gasteiger charge is -2.37. The van der Waals surface area contributed by atoms with Crippen LogP contribution >= 0.6 is 0 Å². The van der Waals surface area contributed by atoms with Gasteiger partial charge in [-0.05, 0) is 44.5 Å². The highest BCUT2D eigenvalue weighted by Crippen LogP contribution is 2.24. The molecule has 0 aromatic heterocycles. The minimum atomic E-state index is -3.56. The lowest BCUT2D eigenvalue weighted by atomic mass is 10.1. The number of sulfonamides is 1. The summed E-state index contributed by atoms with van der Waals surface area (Å²) in [5.41, 5.74) is 0.443. The van der Waals surface area contributed by atoms with Crippen molar-refractivity contribution in [1.82, 2.24) is 9.62 Å². The maximum Gasteiger partial charge on any atom is 0.243 e. The van der Waals surface area contributed by atoms with E-state index in [0.717, 1.165) is 0 Å². The van der Waals surface area contributed by atoms with Crippen LogP contribution in [0.2, 0.25) is 0 Å². The number of benzene rings is 1. The fourth-order valence-electron chi connectivity index (χ4n) is 2.39. The number of aryl methyl sites for hydroxylation is 1. The number of hydrogen-bond donors (Lipinski definition) is 1. The van der Waals surface area contributed by atoms with Crippen LogP contribution < -0.4 is 5.32 Å². The number of nitrogens with one attached hydrogen (secondary N) is 1. The van der Waals surface area contributed by atoms with Crippen molar-refractivity contribution < 1.29 is 12.8 Å². The molecular weight excluding hydrogens is 267 g/mol. The van der Waals surface area contributed by atoms with Crippen molar-refractivity contribution in [3.8, 4) is 0 Å². The number of halogens is 1. The minimum Gasteiger partial charge on any atom is -0.311 e. The molecule has 0 aliphatic carbocycles. The Bertz CT molecular complexity index is 574. The van der Waals surface area contributed by atoms with E-state index in [4.69, 9.17) is 0 Å². The van der Waals surface area contributed by atoms with Gasteiger partial charge in [0.05, 0.1) is 4.90 Å². The van der Waals surface area contributed by atoms with E-state index < -0.39 is 15.8 Å². The Morgan fingerprint density at radius 3 is 2.68 bits per heavy atom. The predicted molar refractivity (Wildman–Crippen MR) is 72.0 cm³/mol. The van der Waals surface area contributed by atoms with Crippen molar-refractivity contribution >= 4 is 10.0 Å². The van der Waals surface area contributed by atoms with Crippen molar-refractivity contribution in [2.45, 2.75) is 37.8 Å². The van der Waals surface area contributed by atoms with Crippen molar-refractivity contribution in [3.63, 3.8) is 0 Å². The van der Waals surface area contributed by atoms with E-state index in [1.165, 1.54) is 22.5 Å². The lowest BCUT2D eigenvalue weighted by Crippen LogP contribution is -2.57. The van der Waals surface area contributed by atoms with Gasteiger partial charge in [-0.15, -0.1) is 0 Å². The smallest absolute Gasteiger partial charge is 0.243 e. The first-order chi connectivity index (χ1) is 8.84. The van der Waals surface area contributed by atoms with E-state index >= 15 is 0 Å². The Morgan fingerprint density at radius 2 is 2.05 bits per heavy atom. The van der Waals surface area contributed by atoms with E-state index in [0.29, 0.717) is 18.7 Å². The summed E-state index contributed by atoms with van der Waals surface area (Å²) in [5, 5.41) is 3.24. The van der Waals surface area contributed by atoms with Crippen molar-refractivity contribution in [2.75, 3.05) is 13.1 Å². The molecule has 1 fully saturated rings. The Hall–Kier alpha value is -0.980. The number of hydrogen-bond acceptors (Lipinski definition) is 3. The van der Waals surface area contributed by atoms with E-state index in [1.54, 1.807) is 6.92 Å². The van der Waals surface area contributed by atoms with Gasteiger partial charge in [-0.2, -0.15) is 4.31 Å². The second-order valence-electron chi connectivity index (χ2n) is 5.01. The number of rotatable bonds is 2. The zero-order chi connectivity index (χ0) is 14.2. The van der Waals surface area contributed by atoms with E-state index in [1.807, 2.05) is 13.8 Å². The molecule has 4 nitrogen and oxygen atoms in total. The molecule has 19 heavy (non-hydrogen) atoms. The molecule has 1 aliphatic heterocycles. The standard InChI is InChI=1S/C13H19FN2O2S/c1-9-8-12(14)4-5-13(9)19(17,18)16-7-6-15-10(2)11(16)3/h4-5,8,10-11,15H,6-7H2,1-3H3. The third-order valence-corrected chi connectivity index (χ3v) is 5.85. The first kappa shape index (κ1) is 14.4. The van der Waals surface area contributed by atoms with Gasteiger partial charge in [0, 0.05) is 25.2 Å². The van der Waals surface area contributed by atoms with Crippen LogP contribution in [0, 0.1) is 12.7 Å². The molecule has 2 atom stereocenters. The van der Waals surface area contributed by atoms with E-state index in [-0.39, 0.29) is 17.0 Å². The second kappa shape index (κ2) is 5.19. The van der Waals surface area contributed by atoms with Gasteiger partial charge in [0.1, 0.15) is 5.82 Å². The van der Waals surface area contributed by atoms with E-state index in [2.05, 4.69) is 5.32 Å². The van der Waals surface area contributed by atoms with E-state index in [9.17, 15) is 12.8 Å². The molecular formula is C13H19FN2O2S. The molecule has 1 heterocycles. The van der Waals surface area contributed by atoms with Gasteiger partial charge in [-0.3, -0.25) is 0 Å². The Balaban J connectivity index is 2.41. The first-order valence-electron chi connectivity index (χ1n) is 6.35. The van der Waals surface area contributed by atoms with Crippen LogP contribution in [-0.4, -0.2) is 37.9 Å². The Labute approximate surface area is 113 Å². The lowest BCUT2D eigenvalue weighted by molar-refractivity contribution is 0.232. The van der Waals surface area contributed by atoms with Crippen molar-refractivity contribution in [1.29, 1.82) is 0 Å². The summed E-state index contributed by atoms with van der Waals surface area (Å²) >= 11 is 0. The second-order valence-corrected chi connectivity index (χ2v) is 6.87. The maximum atomic E-state index is 13.1. The summed E-state index contributed by atoms with van der Waals surface area (Å²) in [7, 11) is -3.56. The zero-order valence-corrected chi connectivity index (χ0v) is 12.2. The number of nitrogens with zero attached hydrogens (tertiary/aromatic N) is 1. The van der Waals surface area contributed by atoms with Crippen LogP contribution in [0.25, 0.3) is 0 Å². The number of piperazine rings is 1. The molecule has 1 aromatic rings. The van der Waals surface area contributed by atoms with Crippen LogP contribution in [0.5, 0.6) is 0 Å². The van der Waals surface area contributed by atoms with Gasteiger partial charge in [-0.25, -0.2) is 12.8 Å². The molecule has 0 amide bonds. The van der Waals surface area contributed by atoms with Gasteiger partial charge in [0.2, 0.25) is 10.0 Å². The maximum absolute atomic E-state index is 13.1. The molecule has 1 saturated heterocycles. The largest absolute Gasteiger partial charge is 0.311 e. The summed E-state index contributed by atoms with van der Waals surface area (Å²) in [6.07, 6.45) is 0. The van der Waals surface area contributed by atoms with Crippen LogP contribution in [0.1, 0.15) is 19.4 Å². The highest BCUT2D eigenvalue weighted by atomic mass is 32.2. The molecule has 0 bridgehead atoms. The Morgan fingerprint density at radius 1 is 1.37 bits per heavy atom. The molecule has 2 unspecified atom stereocenters. The van der Waals surface area contributed by atoms with Crippen LogP contribution in [0.4, 0.5) is 4.39 Å². The highest BCUT2D eigenvalue weighted by molar-refractivity contribution is 7.89. The topological polar surface area (TPSA) is 49.4 Å². The quantitative estimate of drug-likeness (QED) is 0.896. The van der Waals surface area contributed by atoms with Gasteiger partial charge in [0.15, 0.2) is 0 Å². The molecule has 0 saturated carbocycles. The molecule has 1 N–H and O–H groups in total. The molecule has 6 heteroatoms. The minimum absolute atomic E-state index is 0.101. The summed E-state index contributed by atoms with van der Waals surface area (Å²) in [6, 6.07) is 3.77. The average Bonchev–Trinajstić information content (AvgIpc) is 2.31.